The lowest BCUT2D eigenvalue weighted by Crippen LogP contribution is -2.49. The van der Waals surface area contributed by atoms with E-state index in [1.165, 1.54) is 6.08 Å². The van der Waals surface area contributed by atoms with Crippen LogP contribution in [0.15, 0.2) is 24.8 Å². The number of aliphatic carboxylic acids is 1. The summed E-state index contributed by atoms with van der Waals surface area (Å²) in [5, 5.41) is 9.59. The summed E-state index contributed by atoms with van der Waals surface area (Å²) in [6.45, 7) is 16.5. The van der Waals surface area contributed by atoms with Gasteiger partial charge in [-0.3, -0.25) is 9.59 Å². The van der Waals surface area contributed by atoms with Gasteiger partial charge in [0.2, 0.25) is 0 Å². The molecule has 0 aromatic heterocycles. The van der Waals surface area contributed by atoms with Crippen molar-refractivity contribution in [3.8, 4) is 0 Å². The largest absolute Gasteiger partial charge is 0.481 e. The third kappa shape index (κ3) is 4.45. The highest BCUT2D eigenvalue weighted by Gasteiger charge is 2.46. The molecule has 0 amide bonds. The van der Waals surface area contributed by atoms with Crippen LogP contribution in [-0.4, -0.2) is 31.3 Å². The van der Waals surface area contributed by atoms with E-state index in [4.69, 9.17) is 4.43 Å². The Kier molecular flexibility index (Phi) is 6.76. The number of rotatable bonds is 7. The summed E-state index contributed by atoms with van der Waals surface area (Å²) in [7, 11) is -2.03. The lowest BCUT2D eigenvalue weighted by atomic mass is 9.71. The minimum atomic E-state index is -2.03. The molecular formula is C19H32O4Si. The molecule has 0 aromatic rings. The van der Waals surface area contributed by atoms with Crippen LogP contribution in [0.25, 0.3) is 0 Å². The van der Waals surface area contributed by atoms with E-state index >= 15 is 0 Å². The van der Waals surface area contributed by atoms with Crippen LogP contribution < -0.4 is 0 Å². The summed E-state index contributed by atoms with van der Waals surface area (Å²) in [5.74, 6) is -2.42. The van der Waals surface area contributed by atoms with Crippen LogP contribution in [0.3, 0.4) is 0 Å². The van der Waals surface area contributed by atoms with E-state index in [-0.39, 0.29) is 22.8 Å². The lowest BCUT2D eigenvalue weighted by Gasteiger charge is -2.43. The summed E-state index contributed by atoms with van der Waals surface area (Å²) in [6.07, 6.45) is 5.88. The van der Waals surface area contributed by atoms with Crippen molar-refractivity contribution in [1.29, 1.82) is 0 Å². The molecule has 0 saturated heterocycles. The average molecular weight is 353 g/mol. The minimum Gasteiger partial charge on any atom is -0.481 e. The van der Waals surface area contributed by atoms with Gasteiger partial charge in [0, 0.05) is 11.8 Å². The first-order valence-electron chi connectivity index (χ1n) is 8.69. The summed E-state index contributed by atoms with van der Waals surface area (Å²) in [5.41, 5.74) is 0. The normalized spacial score (nSPS) is 26.2. The first-order valence-corrected chi connectivity index (χ1v) is 11.6. The molecule has 0 fully saturated rings. The minimum absolute atomic E-state index is 0.0491. The smallest absolute Gasteiger partial charge is 0.307 e. The van der Waals surface area contributed by atoms with Crippen molar-refractivity contribution in [2.75, 3.05) is 0 Å². The van der Waals surface area contributed by atoms with Crippen LogP contribution in [-0.2, 0) is 14.0 Å². The van der Waals surface area contributed by atoms with Crippen molar-refractivity contribution in [3.05, 3.63) is 24.8 Å². The van der Waals surface area contributed by atoms with E-state index in [2.05, 4.69) is 40.4 Å². The van der Waals surface area contributed by atoms with E-state index in [0.29, 0.717) is 12.8 Å². The number of allylic oxidation sites excluding steroid dienone is 2. The Hall–Kier alpha value is -1.20. The number of carboxylic acid groups (broad SMARTS) is 1. The molecule has 1 aliphatic carbocycles. The van der Waals surface area contributed by atoms with Gasteiger partial charge in [-0.25, -0.2) is 0 Å². The molecule has 0 bridgehead atoms. The first kappa shape index (κ1) is 20.8. The van der Waals surface area contributed by atoms with Crippen LogP contribution in [0.4, 0.5) is 0 Å². The zero-order valence-electron chi connectivity index (χ0n) is 15.8. The van der Waals surface area contributed by atoms with Gasteiger partial charge in [0.15, 0.2) is 14.1 Å². The molecular weight excluding hydrogens is 320 g/mol. The predicted octanol–water partition coefficient (Wildman–Crippen LogP) is 4.44. The Morgan fingerprint density at radius 2 is 2.04 bits per heavy atom. The van der Waals surface area contributed by atoms with Crippen LogP contribution in [0.5, 0.6) is 0 Å². The highest BCUT2D eigenvalue weighted by atomic mass is 28.4. The molecule has 1 rings (SSSR count). The average Bonchev–Trinajstić information content (AvgIpc) is 2.44. The molecule has 4 atom stereocenters. The van der Waals surface area contributed by atoms with E-state index < -0.39 is 26.1 Å². The van der Waals surface area contributed by atoms with Gasteiger partial charge < -0.3 is 9.53 Å². The first-order chi connectivity index (χ1) is 11.0. The second-order valence-corrected chi connectivity index (χ2v) is 12.9. The molecule has 24 heavy (non-hydrogen) atoms. The van der Waals surface area contributed by atoms with Crippen molar-refractivity contribution in [2.45, 2.75) is 64.8 Å². The molecule has 0 radical (unpaired) electrons. The second kappa shape index (κ2) is 7.79. The molecule has 1 aliphatic rings. The van der Waals surface area contributed by atoms with Gasteiger partial charge in [-0.2, -0.15) is 0 Å². The molecule has 136 valence electrons. The standard InChI is InChI=1S/C19H32O4Si/c1-8-10-14-16(23-24(6,7)19(3,4)5)12-11-15(20)17(14)13(9-2)18(21)22/h8,11-14,16-17H,1,9-10H2,2-7H3,(H,21,22)/t13?,14-,16+,17-/m0/s1. The summed E-state index contributed by atoms with van der Waals surface area (Å²) < 4.78 is 6.52. The molecule has 5 heteroatoms. The Morgan fingerprint density at radius 1 is 1.46 bits per heavy atom. The SMILES string of the molecule is C=CC[C@H]1[C@H](O[Si](C)(C)C(C)(C)C)C=CC(=O)[C@H]1C(CC)C(=O)O. The molecule has 4 nitrogen and oxygen atoms in total. The maximum Gasteiger partial charge on any atom is 0.307 e. The fourth-order valence-corrected chi connectivity index (χ4v) is 4.34. The molecule has 0 aliphatic heterocycles. The summed E-state index contributed by atoms with van der Waals surface area (Å²) in [4.78, 5) is 24.1. The number of carbonyl (C=O) groups is 2. The van der Waals surface area contributed by atoms with E-state index in [1.807, 2.05) is 13.0 Å². The predicted molar refractivity (Wildman–Crippen MR) is 99.4 cm³/mol. The molecule has 1 unspecified atom stereocenters. The zero-order valence-corrected chi connectivity index (χ0v) is 16.8. The van der Waals surface area contributed by atoms with Crippen molar-refractivity contribution in [2.24, 2.45) is 17.8 Å². The molecule has 1 N–H and O–H groups in total. The zero-order chi connectivity index (χ0) is 18.7. The summed E-state index contributed by atoms with van der Waals surface area (Å²) in [6, 6.07) is 0. The van der Waals surface area contributed by atoms with Crippen molar-refractivity contribution in [3.63, 3.8) is 0 Å². The highest BCUT2D eigenvalue weighted by molar-refractivity contribution is 6.74. The summed E-state index contributed by atoms with van der Waals surface area (Å²) >= 11 is 0. The van der Waals surface area contributed by atoms with E-state index in [0.717, 1.165) is 0 Å². The topological polar surface area (TPSA) is 63.6 Å². The number of hydrogen-bond donors (Lipinski definition) is 1. The van der Waals surface area contributed by atoms with Gasteiger partial charge in [0.1, 0.15) is 0 Å². The van der Waals surface area contributed by atoms with Crippen LogP contribution >= 0.6 is 0 Å². The van der Waals surface area contributed by atoms with Gasteiger partial charge in [-0.1, -0.05) is 39.8 Å². The van der Waals surface area contributed by atoms with Crippen molar-refractivity contribution in [1.82, 2.24) is 0 Å². The van der Waals surface area contributed by atoms with Gasteiger partial charge >= 0.3 is 5.97 Å². The van der Waals surface area contributed by atoms with Gasteiger partial charge in [0.05, 0.1) is 12.0 Å². The van der Waals surface area contributed by atoms with Crippen molar-refractivity contribution >= 4 is 20.1 Å². The second-order valence-electron chi connectivity index (χ2n) is 8.17. The van der Waals surface area contributed by atoms with Crippen LogP contribution in [0, 0.1) is 17.8 Å². The lowest BCUT2D eigenvalue weighted by molar-refractivity contribution is -0.148. The van der Waals surface area contributed by atoms with Crippen LogP contribution in [0.2, 0.25) is 18.1 Å². The van der Waals surface area contributed by atoms with E-state index in [9.17, 15) is 14.7 Å². The van der Waals surface area contributed by atoms with Gasteiger partial charge in [0.25, 0.3) is 0 Å². The molecule has 0 heterocycles. The third-order valence-electron chi connectivity index (χ3n) is 5.53. The third-order valence-corrected chi connectivity index (χ3v) is 10.0. The monoisotopic (exact) mass is 352 g/mol. The molecule has 0 spiro atoms. The van der Waals surface area contributed by atoms with Crippen molar-refractivity contribution < 1.29 is 19.1 Å². The Morgan fingerprint density at radius 3 is 2.46 bits per heavy atom. The Balaban J connectivity index is 3.21. The maximum atomic E-state index is 12.5. The number of carbonyl (C=O) groups excluding carboxylic acids is 1. The van der Waals surface area contributed by atoms with Gasteiger partial charge in [-0.15, -0.1) is 6.58 Å². The molecule has 0 aromatic carbocycles. The quantitative estimate of drug-likeness (QED) is 0.543. The highest BCUT2D eigenvalue weighted by Crippen LogP contribution is 2.42. The van der Waals surface area contributed by atoms with Gasteiger partial charge in [-0.05, 0) is 37.0 Å². The number of carboxylic acids is 1. The van der Waals surface area contributed by atoms with E-state index in [1.54, 1.807) is 6.08 Å². The number of hydrogen-bond acceptors (Lipinski definition) is 3. The fourth-order valence-electron chi connectivity index (χ4n) is 3.05. The fraction of sp³-hybridized carbons (Fsp3) is 0.684. The Labute approximate surface area is 147 Å². The molecule has 0 saturated carbocycles. The Bertz CT molecular complexity index is 516. The van der Waals surface area contributed by atoms with Crippen LogP contribution in [0.1, 0.15) is 40.5 Å². The number of ketones is 1. The maximum absolute atomic E-state index is 12.5.